The predicted octanol–water partition coefficient (Wildman–Crippen LogP) is 3.69. The third-order valence-corrected chi connectivity index (χ3v) is 4.12. The monoisotopic (exact) mass is 280 g/mol. The van der Waals surface area contributed by atoms with Gasteiger partial charge in [0.15, 0.2) is 0 Å². The summed E-state index contributed by atoms with van der Waals surface area (Å²) in [6.45, 7) is 8.01. The number of halogens is 1. The predicted molar refractivity (Wildman–Crippen MR) is 78.2 cm³/mol. The van der Waals surface area contributed by atoms with Gasteiger partial charge in [0.25, 0.3) is 0 Å². The molecule has 2 rings (SSSR count). The Bertz CT molecular complexity index is 495. The van der Waals surface area contributed by atoms with Crippen molar-refractivity contribution < 1.29 is 14.4 Å². The van der Waals surface area contributed by atoms with Gasteiger partial charge in [0, 0.05) is 0 Å². The summed E-state index contributed by atoms with van der Waals surface area (Å²) in [5.41, 5.74) is 0.0197. The minimum absolute atomic E-state index is 0.0673. The van der Waals surface area contributed by atoms with Crippen molar-refractivity contribution in [1.82, 2.24) is 0 Å². The molecule has 1 aliphatic rings. The minimum atomic E-state index is -0.414. The molecule has 0 aromatic heterocycles. The molecular formula is C14H18BClO3. The third-order valence-electron chi connectivity index (χ3n) is 3.71. The summed E-state index contributed by atoms with van der Waals surface area (Å²) in [7, 11) is -0.414. The van der Waals surface area contributed by atoms with Crippen molar-refractivity contribution in [3.63, 3.8) is 0 Å². The molecule has 19 heavy (non-hydrogen) atoms. The van der Waals surface area contributed by atoms with Gasteiger partial charge in [-0.25, -0.2) is 0 Å². The molecule has 0 unspecified atom stereocenters. The maximum atomic E-state index is 9.53. The topological polar surface area (TPSA) is 38.7 Å². The fourth-order valence-electron chi connectivity index (χ4n) is 1.82. The highest BCUT2D eigenvalue weighted by Gasteiger charge is 2.49. The molecule has 1 aromatic carbocycles. The van der Waals surface area contributed by atoms with E-state index >= 15 is 0 Å². The fourth-order valence-corrected chi connectivity index (χ4v) is 2.00. The van der Waals surface area contributed by atoms with Crippen molar-refractivity contribution in [3.05, 3.63) is 34.8 Å². The molecule has 102 valence electrons. The maximum absolute atomic E-state index is 9.53. The summed E-state index contributed by atoms with van der Waals surface area (Å²) in [4.78, 5) is 0. The van der Waals surface area contributed by atoms with E-state index in [1.165, 1.54) is 0 Å². The lowest BCUT2D eigenvalue weighted by molar-refractivity contribution is 0.00578. The van der Waals surface area contributed by atoms with Crippen LogP contribution >= 0.6 is 11.6 Å². The first kappa shape index (κ1) is 14.4. The van der Waals surface area contributed by atoms with E-state index in [0.29, 0.717) is 5.02 Å². The molecule has 5 heteroatoms. The van der Waals surface area contributed by atoms with E-state index in [0.717, 1.165) is 5.56 Å². The van der Waals surface area contributed by atoms with Crippen molar-refractivity contribution in [3.8, 4) is 5.75 Å². The van der Waals surface area contributed by atoms with Crippen LogP contribution in [0.2, 0.25) is 5.02 Å². The molecule has 0 amide bonds. The zero-order valence-electron chi connectivity index (χ0n) is 11.6. The number of rotatable bonds is 2. The molecule has 1 aromatic rings. The molecule has 0 aliphatic carbocycles. The summed E-state index contributed by atoms with van der Waals surface area (Å²) in [6.07, 6.45) is 1.80. The molecule has 0 spiro atoms. The Morgan fingerprint density at radius 1 is 1.16 bits per heavy atom. The maximum Gasteiger partial charge on any atom is 0.487 e. The Morgan fingerprint density at radius 2 is 1.74 bits per heavy atom. The molecule has 1 fully saturated rings. The second-order valence-electron chi connectivity index (χ2n) is 5.66. The Labute approximate surface area is 119 Å². The van der Waals surface area contributed by atoms with E-state index in [9.17, 15) is 5.11 Å². The van der Waals surface area contributed by atoms with Gasteiger partial charge in [-0.3, -0.25) is 0 Å². The lowest BCUT2D eigenvalue weighted by Gasteiger charge is -2.32. The van der Waals surface area contributed by atoms with Crippen LogP contribution in [0.15, 0.2) is 24.2 Å². The molecule has 0 radical (unpaired) electrons. The highest BCUT2D eigenvalue weighted by atomic mass is 35.5. The molecule has 1 aliphatic heterocycles. The Balaban J connectivity index is 2.15. The molecule has 1 N–H and O–H groups in total. The van der Waals surface area contributed by atoms with Crippen LogP contribution in [0.3, 0.4) is 0 Å². The second kappa shape index (κ2) is 4.86. The minimum Gasteiger partial charge on any atom is -0.506 e. The van der Waals surface area contributed by atoms with Crippen LogP contribution in [0.1, 0.15) is 33.3 Å². The van der Waals surface area contributed by atoms with Gasteiger partial charge in [0.2, 0.25) is 0 Å². The summed E-state index contributed by atoms with van der Waals surface area (Å²) < 4.78 is 11.7. The van der Waals surface area contributed by atoms with Gasteiger partial charge in [-0.15, -0.1) is 0 Å². The number of hydrogen-bond donors (Lipinski definition) is 1. The van der Waals surface area contributed by atoms with E-state index in [-0.39, 0.29) is 17.0 Å². The number of benzene rings is 1. The summed E-state index contributed by atoms with van der Waals surface area (Å²) >= 11 is 6.01. The van der Waals surface area contributed by atoms with Gasteiger partial charge < -0.3 is 14.4 Å². The molecule has 1 saturated heterocycles. The second-order valence-corrected chi connectivity index (χ2v) is 6.04. The average molecular weight is 281 g/mol. The molecular weight excluding hydrogens is 262 g/mol. The van der Waals surface area contributed by atoms with Crippen LogP contribution in [0.25, 0.3) is 6.08 Å². The van der Waals surface area contributed by atoms with Crippen LogP contribution in [0.4, 0.5) is 0 Å². The van der Waals surface area contributed by atoms with Gasteiger partial charge >= 0.3 is 7.12 Å². The first-order valence-corrected chi connectivity index (χ1v) is 6.62. The average Bonchev–Trinajstić information content (AvgIpc) is 2.50. The van der Waals surface area contributed by atoms with E-state index in [1.807, 2.05) is 33.8 Å². The van der Waals surface area contributed by atoms with Gasteiger partial charge in [0.1, 0.15) is 5.75 Å². The van der Waals surface area contributed by atoms with Gasteiger partial charge in [0.05, 0.1) is 16.2 Å². The van der Waals surface area contributed by atoms with Gasteiger partial charge in [-0.2, -0.15) is 0 Å². The normalized spacial score (nSPS) is 21.2. The van der Waals surface area contributed by atoms with Crippen LogP contribution in [0.5, 0.6) is 5.75 Å². The van der Waals surface area contributed by atoms with Crippen molar-refractivity contribution in [2.24, 2.45) is 0 Å². The molecule has 0 bridgehead atoms. The summed E-state index contributed by atoms with van der Waals surface area (Å²) in [6, 6.07) is 5.11. The molecule has 0 saturated carbocycles. The van der Waals surface area contributed by atoms with Crippen molar-refractivity contribution in [1.29, 1.82) is 0 Å². The number of phenolic OH excluding ortho intramolecular Hbond substituents is 1. The van der Waals surface area contributed by atoms with Crippen molar-refractivity contribution >= 4 is 24.8 Å². The van der Waals surface area contributed by atoms with E-state index in [2.05, 4.69) is 0 Å². The van der Waals surface area contributed by atoms with Crippen LogP contribution in [-0.4, -0.2) is 23.4 Å². The lowest BCUT2D eigenvalue weighted by Crippen LogP contribution is -2.41. The van der Waals surface area contributed by atoms with Gasteiger partial charge in [-0.1, -0.05) is 35.8 Å². The quantitative estimate of drug-likeness (QED) is 0.840. The highest BCUT2D eigenvalue weighted by molar-refractivity contribution is 6.52. The van der Waals surface area contributed by atoms with Crippen LogP contribution < -0.4 is 0 Å². The van der Waals surface area contributed by atoms with E-state index < -0.39 is 7.12 Å². The third kappa shape index (κ3) is 2.81. The van der Waals surface area contributed by atoms with Gasteiger partial charge in [-0.05, 0) is 39.3 Å². The number of hydrogen-bond acceptors (Lipinski definition) is 3. The largest absolute Gasteiger partial charge is 0.506 e. The number of phenols is 1. The zero-order valence-corrected chi connectivity index (χ0v) is 12.4. The summed E-state index contributed by atoms with van der Waals surface area (Å²) in [5.74, 6) is 1.87. The fraction of sp³-hybridized carbons (Fsp3) is 0.429. The Morgan fingerprint density at radius 3 is 2.32 bits per heavy atom. The number of aromatic hydroxyl groups is 1. The molecule has 1 heterocycles. The highest BCUT2D eigenvalue weighted by Crippen LogP contribution is 2.37. The van der Waals surface area contributed by atoms with Crippen molar-refractivity contribution in [2.75, 3.05) is 0 Å². The molecule has 3 nitrogen and oxygen atoms in total. The van der Waals surface area contributed by atoms with E-state index in [4.69, 9.17) is 20.9 Å². The van der Waals surface area contributed by atoms with Crippen molar-refractivity contribution in [2.45, 2.75) is 38.9 Å². The SMILES string of the molecule is CC1(C)OB(/C=C/c2cccc(O)c2Cl)OC1(C)C. The first-order valence-electron chi connectivity index (χ1n) is 6.24. The standard InChI is InChI=1S/C14H18BClO3/c1-13(2)14(3,4)19-15(18-13)9-8-10-6-5-7-11(17)12(10)16/h5-9,17H,1-4H3/b9-8+. The molecule has 0 atom stereocenters. The van der Waals surface area contributed by atoms with Crippen LogP contribution in [-0.2, 0) is 9.31 Å². The zero-order chi connectivity index (χ0) is 14.3. The Kier molecular flexibility index (Phi) is 3.69. The first-order chi connectivity index (χ1) is 8.73. The van der Waals surface area contributed by atoms with Crippen LogP contribution in [0, 0.1) is 0 Å². The Hall–Kier alpha value is -0.965. The lowest BCUT2D eigenvalue weighted by atomic mass is 9.89. The van der Waals surface area contributed by atoms with E-state index in [1.54, 1.807) is 24.2 Å². The smallest absolute Gasteiger partial charge is 0.487 e. The summed E-state index contributed by atoms with van der Waals surface area (Å²) in [5, 5.41) is 9.86.